The number of anilines is 3. The third-order valence-corrected chi connectivity index (χ3v) is 5.33. The first kappa shape index (κ1) is 18.4. The molecule has 0 aliphatic carbocycles. The Bertz CT molecular complexity index is 1100. The van der Waals surface area contributed by atoms with Crippen LogP contribution in [0.2, 0.25) is 0 Å². The third-order valence-electron chi connectivity index (χ3n) is 3.98. The van der Waals surface area contributed by atoms with Gasteiger partial charge in [0.05, 0.1) is 16.5 Å². The number of aryl methyl sites for hydroxylation is 2. The molecule has 0 radical (unpaired) electrons. The smallest absolute Gasteiger partial charge is 0.263 e. The van der Waals surface area contributed by atoms with Gasteiger partial charge in [-0.1, -0.05) is 6.07 Å². The van der Waals surface area contributed by atoms with Crippen LogP contribution < -0.4 is 10.0 Å². The fourth-order valence-corrected chi connectivity index (χ4v) is 3.39. The molecule has 7 nitrogen and oxygen atoms in total. The lowest BCUT2D eigenvalue weighted by Gasteiger charge is -2.09. The van der Waals surface area contributed by atoms with Crippen LogP contribution >= 0.6 is 0 Å². The van der Waals surface area contributed by atoms with E-state index in [1.165, 1.54) is 6.07 Å². The van der Waals surface area contributed by atoms with Crippen molar-refractivity contribution >= 4 is 27.3 Å². The molecule has 136 valence electrons. The fourth-order valence-electron chi connectivity index (χ4n) is 2.31. The van der Waals surface area contributed by atoms with Crippen molar-refractivity contribution < 1.29 is 8.42 Å². The van der Waals surface area contributed by atoms with Crippen molar-refractivity contribution in [2.45, 2.75) is 18.7 Å². The predicted molar refractivity (Wildman–Crippen MR) is 103 cm³/mol. The molecule has 0 bridgehead atoms. The second-order valence-electron chi connectivity index (χ2n) is 5.97. The minimum atomic E-state index is -3.74. The van der Waals surface area contributed by atoms with Crippen molar-refractivity contribution in [3.05, 3.63) is 71.3 Å². The Morgan fingerprint density at radius 1 is 0.889 bits per heavy atom. The molecule has 1 heterocycles. The van der Waals surface area contributed by atoms with Gasteiger partial charge in [0, 0.05) is 5.69 Å². The highest BCUT2D eigenvalue weighted by atomic mass is 32.2. The molecular formula is C19H17N5O2S. The van der Waals surface area contributed by atoms with E-state index in [2.05, 4.69) is 20.2 Å². The lowest BCUT2D eigenvalue weighted by molar-refractivity contribution is 0.601. The number of benzene rings is 2. The molecular weight excluding hydrogens is 362 g/mol. The molecule has 0 saturated carbocycles. The van der Waals surface area contributed by atoms with Crippen LogP contribution in [0.1, 0.15) is 16.7 Å². The first-order valence-corrected chi connectivity index (χ1v) is 9.57. The van der Waals surface area contributed by atoms with Crippen LogP contribution in [0.25, 0.3) is 0 Å². The van der Waals surface area contributed by atoms with Crippen LogP contribution in [0.3, 0.4) is 0 Å². The maximum absolute atomic E-state index is 12.5. The van der Waals surface area contributed by atoms with E-state index in [1.807, 2.05) is 19.9 Å². The summed E-state index contributed by atoms with van der Waals surface area (Å²) >= 11 is 0. The molecule has 0 aliphatic rings. The Morgan fingerprint density at radius 2 is 1.56 bits per heavy atom. The largest absolute Gasteiger partial charge is 0.339 e. The maximum atomic E-state index is 12.5. The molecule has 3 aromatic rings. The summed E-state index contributed by atoms with van der Waals surface area (Å²) in [4.78, 5) is 0.173. The summed E-state index contributed by atoms with van der Waals surface area (Å²) in [6.45, 7) is 3.78. The Labute approximate surface area is 157 Å². The molecule has 0 amide bonds. The van der Waals surface area contributed by atoms with Gasteiger partial charge in [0.1, 0.15) is 0 Å². The second kappa shape index (κ2) is 7.43. The number of hydrogen-bond donors (Lipinski definition) is 2. The number of nitrogens with one attached hydrogen (secondary N) is 2. The zero-order chi connectivity index (χ0) is 19.4. The summed E-state index contributed by atoms with van der Waals surface area (Å²) in [5.41, 5.74) is 3.22. The van der Waals surface area contributed by atoms with Crippen LogP contribution in [0.5, 0.6) is 0 Å². The van der Waals surface area contributed by atoms with E-state index in [-0.39, 0.29) is 10.7 Å². The normalized spacial score (nSPS) is 10.9. The van der Waals surface area contributed by atoms with E-state index < -0.39 is 10.0 Å². The van der Waals surface area contributed by atoms with Gasteiger partial charge < -0.3 is 5.32 Å². The molecule has 0 spiro atoms. The number of nitriles is 1. The summed E-state index contributed by atoms with van der Waals surface area (Å²) < 4.78 is 27.4. The Balaban J connectivity index is 1.72. The summed E-state index contributed by atoms with van der Waals surface area (Å²) in [5, 5.41) is 19.7. The number of nitrogens with zero attached hydrogens (tertiary/aromatic N) is 3. The van der Waals surface area contributed by atoms with Crippen molar-refractivity contribution in [1.29, 1.82) is 5.26 Å². The van der Waals surface area contributed by atoms with E-state index in [0.717, 1.165) is 16.8 Å². The van der Waals surface area contributed by atoms with Crippen molar-refractivity contribution in [3.8, 4) is 6.07 Å². The maximum Gasteiger partial charge on any atom is 0.263 e. The number of sulfonamides is 1. The van der Waals surface area contributed by atoms with Crippen molar-refractivity contribution in [3.63, 3.8) is 0 Å². The zero-order valence-corrected chi connectivity index (χ0v) is 15.6. The predicted octanol–water partition coefficient (Wildman–Crippen LogP) is 3.51. The van der Waals surface area contributed by atoms with E-state index in [4.69, 9.17) is 5.26 Å². The summed E-state index contributed by atoms with van der Waals surface area (Å²) in [7, 11) is -3.74. The zero-order valence-electron chi connectivity index (χ0n) is 14.8. The molecule has 2 N–H and O–H groups in total. The molecule has 0 aliphatic heterocycles. The topological polar surface area (TPSA) is 108 Å². The van der Waals surface area contributed by atoms with Gasteiger partial charge >= 0.3 is 0 Å². The first-order chi connectivity index (χ1) is 12.9. The summed E-state index contributed by atoms with van der Waals surface area (Å²) in [6, 6.07) is 17.0. The molecule has 0 atom stereocenters. The molecule has 8 heteroatoms. The van der Waals surface area contributed by atoms with Crippen molar-refractivity contribution in [1.82, 2.24) is 10.2 Å². The average molecular weight is 379 g/mol. The van der Waals surface area contributed by atoms with E-state index >= 15 is 0 Å². The van der Waals surface area contributed by atoms with Gasteiger partial charge in [0.2, 0.25) is 0 Å². The number of rotatable bonds is 5. The Hall–Kier alpha value is -3.44. The van der Waals surface area contributed by atoms with E-state index in [0.29, 0.717) is 11.4 Å². The SMILES string of the molecule is Cc1ccc(S(=O)(=O)Nc2ccc(Nc3ccc(C#N)cc3)nn2)cc1C. The minimum Gasteiger partial charge on any atom is -0.339 e. The highest BCUT2D eigenvalue weighted by molar-refractivity contribution is 7.92. The monoisotopic (exact) mass is 379 g/mol. The van der Waals surface area contributed by atoms with Crippen LogP contribution in [0, 0.1) is 25.2 Å². The van der Waals surface area contributed by atoms with Crippen LogP contribution in [-0.2, 0) is 10.0 Å². The van der Waals surface area contributed by atoms with Crippen molar-refractivity contribution in [2.75, 3.05) is 10.0 Å². The standard InChI is InChI=1S/C19H17N5O2S/c1-13-3-8-17(11-14(13)2)27(25,26)24-19-10-9-18(22-23-19)21-16-6-4-15(12-20)5-7-16/h3-11H,1-2H3,(H,21,22)(H,23,24). The molecule has 0 unspecified atom stereocenters. The summed E-state index contributed by atoms with van der Waals surface area (Å²) in [6.07, 6.45) is 0. The van der Waals surface area contributed by atoms with Crippen LogP contribution in [0.15, 0.2) is 59.5 Å². The van der Waals surface area contributed by atoms with Gasteiger partial charge in [-0.15, -0.1) is 10.2 Å². The van der Waals surface area contributed by atoms with Gasteiger partial charge in [-0.2, -0.15) is 5.26 Å². The first-order valence-electron chi connectivity index (χ1n) is 8.08. The molecule has 27 heavy (non-hydrogen) atoms. The average Bonchev–Trinajstić information content (AvgIpc) is 2.66. The van der Waals surface area contributed by atoms with E-state index in [9.17, 15) is 8.42 Å². The van der Waals surface area contributed by atoms with Gasteiger partial charge in [-0.05, 0) is 73.5 Å². The van der Waals surface area contributed by atoms with Gasteiger partial charge in [0.15, 0.2) is 11.6 Å². The number of aromatic nitrogens is 2. The third kappa shape index (κ3) is 4.40. The lowest BCUT2D eigenvalue weighted by Crippen LogP contribution is -2.14. The highest BCUT2D eigenvalue weighted by Crippen LogP contribution is 2.19. The van der Waals surface area contributed by atoms with E-state index in [1.54, 1.807) is 48.5 Å². The van der Waals surface area contributed by atoms with Crippen LogP contribution in [0.4, 0.5) is 17.3 Å². The lowest BCUT2D eigenvalue weighted by atomic mass is 10.1. The van der Waals surface area contributed by atoms with Gasteiger partial charge in [0.25, 0.3) is 10.0 Å². The molecule has 0 fully saturated rings. The Kier molecular flexibility index (Phi) is 5.05. The molecule has 3 rings (SSSR count). The molecule has 2 aromatic carbocycles. The van der Waals surface area contributed by atoms with Crippen molar-refractivity contribution in [2.24, 2.45) is 0 Å². The second-order valence-corrected chi connectivity index (χ2v) is 7.65. The number of hydrogen-bond acceptors (Lipinski definition) is 6. The fraction of sp³-hybridized carbons (Fsp3) is 0.105. The quantitative estimate of drug-likeness (QED) is 0.702. The Morgan fingerprint density at radius 3 is 2.15 bits per heavy atom. The highest BCUT2D eigenvalue weighted by Gasteiger charge is 2.15. The van der Waals surface area contributed by atoms with Crippen LogP contribution in [-0.4, -0.2) is 18.6 Å². The summed E-state index contributed by atoms with van der Waals surface area (Å²) in [5.74, 6) is 0.576. The minimum absolute atomic E-state index is 0.124. The van der Waals surface area contributed by atoms with Gasteiger partial charge in [-0.25, -0.2) is 8.42 Å². The molecule has 1 aromatic heterocycles. The molecule has 0 saturated heterocycles. The van der Waals surface area contributed by atoms with Gasteiger partial charge in [-0.3, -0.25) is 4.72 Å².